The lowest BCUT2D eigenvalue weighted by Crippen LogP contribution is -2.11. The van der Waals surface area contributed by atoms with Crippen LogP contribution in [0.5, 0.6) is 0 Å². The Balaban J connectivity index is 4.13. The van der Waals surface area contributed by atoms with Gasteiger partial charge >= 0.3 is 11.9 Å². The molecule has 0 radical (unpaired) electrons. The molecular weight excluding hydrogens is 184 g/mol. The molecular formula is C10H16O4. The average molecular weight is 200 g/mol. The van der Waals surface area contributed by atoms with Crippen molar-refractivity contribution in [3.63, 3.8) is 0 Å². The van der Waals surface area contributed by atoms with Gasteiger partial charge in [0, 0.05) is 0 Å². The van der Waals surface area contributed by atoms with E-state index in [1.807, 2.05) is 0 Å². The van der Waals surface area contributed by atoms with Crippen molar-refractivity contribution in [2.24, 2.45) is 5.92 Å². The number of esters is 2. The van der Waals surface area contributed by atoms with E-state index in [9.17, 15) is 9.59 Å². The van der Waals surface area contributed by atoms with Gasteiger partial charge in [0.2, 0.25) is 0 Å². The van der Waals surface area contributed by atoms with Gasteiger partial charge in [-0.2, -0.15) is 0 Å². The predicted molar refractivity (Wildman–Crippen MR) is 51.3 cm³/mol. The number of carbonyl (C=O) groups is 2. The highest BCUT2D eigenvalue weighted by Crippen LogP contribution is 2.03. The molecule has 0 saturated heterocycles. The number of carbonyl (C=O) groups excluding carboxylic acids is 2. The fourth-order valence-electron chi connectivity index (χ4n) is 0.656. The van der Waals surface area contributed by atoms with Gasteiger partial charge in [-0.25, -0.2) is 4.79 Å². The van der Waals surface area contributed by atoms with Crippen molar-refractivity contribution in [3.05, 3.63) is 11.8 Å². The van der Waals surface area contributed by atoms with Gasteiger partial charge in [0.15, 0.2) is 0 Å². The standard InChI is InChI=1S/C10H16O4/c1-5-13-9(11)6-8(4)14-10(12)7(2)3/h6-7H,5H2,1-4H3. The largest absolute Gasteiger partial charge is 0.463 e. The van der Waals surface area contributed by atoms with Gasteiger partial charge in [-0.15, -0.1) is 0 Å². The maximum atomic E-state index is 11.1. The minimum Gasteiger partial charge on any atom is -0.463 e. The van der Waals surface area contributed by atoms with Crippen LogP contribution < -0.4 is 0 Å². The second kappa shape index (κ2) is 6.18. The summed E-state index contributed by atoms with van der Waals surface area (Å²) in [4.78, 5) is 22.0. The normalized spacial score (nSPS) is 11.4. The SMILES string of the molecule is CCOC(=O)C=C(C)OC(=O)C(C)C. The first-order chi connectivity index (χ1) is 6.47. The first-order valence-corrected chi connectivity index (χ1v) is 4.54. The number of allylic oxidation sites excluding steroid dienone is 1. The lowest BCUT2D eigenvalue weighted by Gasteiger charge is -2.06. The summed E-state index contributed by atoms with van der Waals surface area (Å²) >= 11 is 0. The molecule has 0 aliphatic rings. The fourth-order valence-corrected chi connectivity index (χ4v) is 0.656. The molecule has 14 heavy (non-hydrogen) atoms. The maximum absolute atomic E-state index is 11.1. The minimum absolute atomic E-state index is 0.208. The summed E-state index contributed by atoms with van der Waals surface area (Å²) < 4.78 is 9.50. The molecule has 0 unspecified atom stereocenters. The van der Waals surface area contributed by atoms with Crippen LogP contribution in [0, 0.1) is 5.92 Å². The molecule has 0 aromatic heterocycles. The number of hydrogen-bond acceptors (Lipinski definition) is 4. The minimum atomic E-state index is -0.499. The van der Waals surface area contributed by atoms with Crippen molar-refractivity contribution < 1.29 is 19.1 Å². The van der Waals surface area contributed by atoms with E-state index in [0.29, 0.717) is 6.61 Å². The molecule has 0 aliphatic heterocycles. The number of rotatable bonds is 4. The molecule has 4 nitrogen and oxygen atoms in total. The third kappa shape index (κ3) is 5.35. The highest BCUT2D eigenvalue weighted by Gasteiger charge is 2.09. The van der Waals surface area contributed by atoms with Gasteiger partial charge in [0.25, 0.3) is 0 Å². The van der Waals surface area contributed by atoms with Crippen LogP contribution in [0.15, 0.2) is 11.8 Å². The molecule has 4 heteroatoms. The molecule has 0 atom stereocenters. The molecule has 0 spiro atoms. The molecule has 0 bridgehead atoms. The Bertz CT molecular complexity index is 241. The second-order valence-corrected chi connectivity index (χ2v) is 3.08. The average Bonchev–Trinajstić information content (AvgIpc) is 2.03. The van der Waals surface area contributed by atoms with Crippen molar-refractivity contribution in [3.8, 4) is 0 Å². The molecule has 0 aliphatic carbocycles. The van der Waals surface area contributed by atoms with E-state index in [1.165, 1.54) is 6.92 Å². The first kappa shape index (κ1) is 12.7. The second-order valence-electron chi connectivity index (χ2n) is 3.08. The molecule has 0 fully saturated rings. The third-order valence-corrected chi connectivity index (χ3v) is 1.34. The van der Waals surface area contributed by atoms with Crippen LogP contribution in [-0.4, -0.2) is 18.5 Å². The topological polar surface area (TPSA) is 52.6 Å². The van der Waals surface area contributed by atoms with E-state index in [4.69, 9.17) is 4.74 Å². The fraction of sp³-hybridized carbons (Fsp3) is 0.600. The van der Waals surface area contributed by atoms with Crippen LogP contribution >= 0.6 is 0 Å². The molecule has 0 heterocycles. The van der Waals surface area contributed by atoms with Crippen molar-refractivity contribution in [1.82, 2.24) is 0 Å². The van der Waals surface area contributed by atoms with Crippen molar-refractivity contribution in [2.45, 2.75) is 27.7 Å². The van der Waals surface area contributed by atoms with Gasteiger partial charge in [-0.3, -0.25) is 4.79 Å². The van der Waals surface area contributed by atoms with Crippen LogP contribution in [0.25, 0.3) is 0 Å². The summed E-state index contributed by atoms with van der Waals surface area (Å²) in [5, 5.41) is 0. The Morgan fingerprint density at radius 2 is 1.93 bits per heavy atom. The summed E-state index contributed by atoms with van der Waals surface area (Å²) in [6.45, 7) is 7.00. The maximum Gasteiger partial charge on any atom is 0.334 e. The quantitative estimate of drug-likeness (QED) is 0.393. The Labute approximate surface area is 83.9 Å². The van der Waals surface area contributed by atoms with E-state index >= 15 is 0 Å². The first-order valence-electron chi connectivity index (χ1n) is 4.54. The number of ether oxygens (including phenoxy) is 2. The van der Waals surface area contributed by atoms with Gasteiger partial charge in [-0.05, 0) is 13.8 Å². The van der Waals surface area contributed by atoms with Gasteiger partial charge < -0.3 is 9.47 Å². The van der Waals surface area contributed by atoms with E-state index in [-0.39, 0.29) is 17.6 Å². The Morgan fingerprint density at radius 3 is 2.36 bits per heavy atom. The number of hydrogen-bond donors (Lipinski definition) is 0. The summed E-state index contributed by atoms with van der Waals surface area (Å²) in [7, 11) is 0. The van der Waals surface area contributed by atoms with E-state index in [0.717, 1.165) is 6.08 Å². The van der Waals surface area contributed by atoms with E-state index < -0.39 is 5.97 Å². The van der Waals surface area contributed by atoms with Crippen LogP contribution in [0.4, 0.5) is 0 Å². The van der Waals surface area contributed by atoms with Crippen molar-refractivity contribution in [2.75, 3.05) is 6.61 Å². The van der Waals surface area contributed by atoms with Crippen LogP contribution in [0.1, 0.15) is 27.7 Å². The zero-order chi connectivity index (χ0) is 11.1. The van der Waals surface area contributed by atoms with Crippen molar-refractivity contribution in [1.29, 1.82) is 0 Å². The molecule has 0 N–H and O–H groups in total. The highest BCUT2D eigenvalue weighted by molar-refractivity contribution is 5.83. The van der Waals surface area contributed by atoms with Crippen LogP contribution in [0.3, 0.4) is 0 Å². The lowest BCUT2D eigenvalue weighted by atomic mass is 10.2. The third-order valence-electron chi connectivity index (χ3n) is 1.34. The van der Waals surface area contributed by atoms with Gasteiger partial charge in [0.05, 0.1) is 18.6 Å². The molecule has 0 aromatic carbocycles. The molecule has 0 rings (SSSR count). The summed E-state index contributed by atoms with van der Waals surface area (Å²) in [6, 6.07) is 0. The molecule has 0 saturated carbocycles. The lowest BCUT2D eigenvalue weighted by molar-refractivity contribution is -0.143. The predicted octanol–water partition coefficient (Wildman–Crippen LogP) is 1.65. The van der Waals surface area contributed by atoms with Crippen LogP contribution in [-0.2, 0) is 19.1 Å². The highest BCUT2D eigenvalue weighted by atomic mass is 16.5. The van der Waals surface area contributed by atoms with E-state index in [2.05, 4.69) is 4.74 Å². The van der Waals surface area contributed by atoms with Gasteiger partial charge in [-0.1, -0.05) is 13.8 Å². The Morgan fingerprint density at radius 1 is 1.36 bits per heavy atom. The molecule has 0 amide bonds. The molecule has 0 aromatic rings. The monoisotopic (exact) mass is 200 g/mol. The summed E-state index contributed by atoms with van der Waals surface area (Å²) in [5.74, 6) is -0.813. The summed E-state index contributed by atoms with van der Waals surface area (Å²) in [5.41, 5.74) is 0. The zero-order valence-corrected chi connectivity index (χ0v) is 8.99. The van der Waals surface area contributed by atoms with E-state index in [1.54, 1.807) is 20.8 Å². The van der Waals surface area contributed by atoms with Crippen molar-refractivity contribution >= 4 is 11.9 Å². The zero-order valence-electron chi connectivity index (χ0n) is 8.99. The molecule has 80 valence electrons. The van der Waals surface area contributed by atoms with Crippen LogP contribution in [0.2, 0.25) is 0 Å². The Hall–Kier alpha value is -1.32. The van der Waals surface area contributed by atoms with Gasteiger partial charge in [0.1, 0.15) is 5.76 Å². The smallest absolute Gasteiger partial charge is 0.334 e. The Kier molecular flexibility index (Phi) is 5.60. The summed E-state index contributed by atoms with van der Waals surface area (Å²) in [6.07, 6.45) is 1.16.